The number of fused-ring (bicyclic) bond motifs is 1. The summed E-state index contributed by atoms with van der Waals surface area (Å²) >= 11 is 0. The summed E-state index contributed by atoms with van der Waals surface area (Å²) in [5, 5.41) is 16.3. The molecule has 25 heavy (non-hydrogen) atoms. The third kappa shape index (κ3) is 3.73. The summed E-state index contributed by atoms with van der Waals surface area (Å²) in [5.41, 5.74) is 2.93. The van der Waals surface area contributed by atoms with Crippen LogP contribution in [0.5, 0.6) is 0 Å². The van der Waals surface area contributed by atoms with Crippen molar-refractivity contribution in [3.63, 3.8) is 0 Å². The summed E-state index contributed by atoms with van der Waals surface area (Å²) in [6.45, 7) is 5.41. The van der Waals surface area contributed by atoms with E-state index >= 15 is 0 Å². The smallest absolute Gasteiger partial charge is 0.223 e. The highest BCUT2D eigenvalue weighted by Crippen LogP contribution is 2.27. The zero-order chi connectivity index (χ0) is 18.2. The molecule has 0 saturated carbocycles. The first kappa shape index (κ1) is 18.3. The van der Waals surface area contributed by atoms with Gasteiger partial charge in [-0.15, -0.1) is 0 Å². The number of hydrogen-bond acceptors (Lipinski definition) is 6. The van der Waals surface area contributed by atoms with Crippen LogP contribution in [0.4, 0.5) is 0 Å². The highest BCUT2D eigenvalue weighted by atomic mass is 32.2. The van der Waals surface area contributed by atoms with Gasteiger partial charge in [-0.2, -0.15) is 5.10 Å². The van der Waals surface area contributed by atoms with Crippen LogP contribution in [-0.2, 0) is 21.1 Å². The van der Waals surface area contributed by atoms with E-state index in [0.29, 0.717) is 32.5 Å². The topological polar surface area (TPSA) is 107 Å². The second-order valence-electron chi connectivity index (χ2n) is 6.97. The van der Waals surface area contributed by atoms with E-state index in [4.69, 9.17) is 0 Å². The van der Waals surface area contributed by atoms with Gasteiger partial charge in [0.15, 0.2) is 9.84 Å². The highest BCUT2D eigenvalue weighted by molar-refractivity contribution is 7.91. The number of β-amino-alcohol motifs (C(OH)–C–C–N with tert-alkyl or cyclic N) is 1. The molecule has 9 heteroatoms. The summed E-state index contributed by atoms with van der Waals surface area (Å²) in [4.78, 5) is 16.5. The highest BCUT2D eigenvalue weighted by Gasteiger charge is 2.47. The maximum Gasteiger partial charge on any atom is 0.223 e. The number of aromatic nitrogens is 2. The Bertz CT molecular complexity index is 726. The number of aliphatic hydroxyl groups excluding tert-OH is 1. The quantitative estimate of drug-likeness (QED) is 0.707. The minimum absolute atomic E-state index is 0.00371. The van der Waals surface area contributed by atoms with Gasteiger partial charge in [0.05, 0.1) is 29.8 Å². The summed E-state index contributed by atoms with van der Waals surface area (Å²) in [5.74, 6) is 0.0898. The first-order chi connectivity index (χ1) is 11.8. The molecule has 2 aliphatic rings. The maximum atomic E-state index is 12.8. The first-order valence-electron chi connectivity index (χ1n) is 8.67. The fraction of sp³-hybridized carbons (Fsp3) is 0.750. The fourth-order valence-electron chi connectivity index (χ4n) is 4.06. The lowest BCUT2D eigenvalue weighted by Gasteiger charge is -2.43. The number of carbonyl (C=O) groups excluding carboxylic acids is 1. The van der Waals surface area contributed by atoms with Gasteiger partial charge in [-0.05, 0) is 25.8 Å². The van der Waals surface area contributed by atoms with Crippen molar-refractivity contribution in [3.8, 4) is 0 Å². The Hall–Kier alpha value is -1.45. The molecule has 2 aliphatic heterocycles. The summed E-state index contributed by atoms with van der Waals surface area (Å²) in [6.07, 6.45) is 0.957. The van der Waals surface area contributed by atoms with E-state index in [2.05, 4.69) is 10.2 Å². The Morgan fingerprint density at radius 2 is 2.00 bits per heavy atom. The monoisotopic (exact) mass is 370 g/mol. The average molecular weight is 370 g/mol. The molecule has 1 aromatic heterocycles. The molecule has 3 heterocycles. The SMILES string of the molecule is Cc1n[nH]c(C)c1CCC(=O)N1CCN(CCO)[C@@H]2CS(=O)(=O)C[C@@H]21. The summed E-state index contributed by atoms with van der Waals surface area (Å²) in [7, 11) is -3.15. The third-order valence-electron chi connectivity index (χ3n) is 5.37. The Morgan fingerprint density at radius 3 is 2.64 bits per heavy atom. The standard InChI is InChI=1S/C16H26N4O4S/c1-11-13(12(2)18-17-11)3-4-16(22)20-6-5-19(7-8-21)14-9-25(23,24)10-15(14)20/h14-15,21H,3-10H2,1-2H3,(H,17,18)/t14-,15+/m1/s1. The van der Waals surface area contributed by atoms with Crippen LogP contribution < -0.4 is 0 Å². The second kappa shape index (κ2) is 7.05. The van der Waals surface area contributed by atoms with Gasteiger partial charge >= 0.3 is 0 Å². The molecule has 140 valence electrons. The van der Waals surface area contributed by atoms with Crippen LogP contribution in [0.25, 0.3) is 0 Å². The van der Waals surface area contributed by atoms with Gasteiger partial charge in [0, 0.05) is 37.8 Å². The molecular formula is C16H26N4O4S. The van der Waals surface area contributed by atoms with Crippen LogP contribution in [0.2, 0.25) is 0 Å². The Balaban J connectivity index is 1.70. The zero-order valence-electron chi connectivity index (χ0n) is 14.7. The van der Waals surface area contributed by atoms with Crippen LogP contribution in [0.3, 0.4) is 0 Å². The predicted molar refractivity (Wildman–Crippen MR) is 93.0 cm³/mol. The van der Waals surface area contributed by atoms with E-state index in [-0.39, 0.29) is 36.1 Å². The largest absolute Gasteiger partial charge is 0.395 e. The van der Waals surface area contributed by atoms with Crippen molar-refractivity contribution in [1.82, 2.24) is 20.0 Å². The Kier molecular flexibility index (Phi) is 5.17. The Morgan fingerprint density at radius 1 is 1.28 bits per heavy atom. The number of rotatable bonds is 5. The van der Waals surface area contributed by atoms with Gasteiger partial charge in [0.2, 0.25) is 5.91 Å². The van der Waals surface area contributed by atoms with Crippen molar-refractivity contribution in [2.75, 3.05) is 37.7 Å². The molecule has 0 aromatic carbocycles. The normalized spacial score (nSPS) is 26.0. The lowest BCUT2D eigenvalue weighted by Crippen LogP contribution is -2.61. The van der Waals surface area contributed by atoms with Crippen LogP contribution in [-0.4, -0.2) is 89.3 Å². The molecule has 1 amide bonds. The van der Waals surface area contributed by atoms with Gasteiger partial charge in [-0.1, -0.05) is 0 Å². The van der Waals surface area contributed by atoms with E-state index in [1.165, 1.54) is 0 Å². The number of aliphatic hydroxyl groups is 1. The van der Waals surface area contributed by atoms with E-state index in [1.807, 2.05) is 18.7 Å². The predicted octanol–water partition coefficient (Wildman–Crippen LogP) is -0.739. The van der Waals surface area contributed by atoms with Gasteiger partial charge < -0.3 is 10.0 Å². The number of aryl methyl sites for hydroxylation is 2. The van der Waals surface area contributed by atoms with Gasteiger partial charge in [0.1, 0.15) is 0 Å². The molecule has 8 nitrogen and oxygen atoms in total. The minimum Gasteiger partial charge on any atom is -0.395 e. The van der Waals surface area contributed by atoms with Gasteiger partial charge in [0.25, 0.3) is 0 Å². The van der Waals surface area contributed by atoms with Gasteiger partial charge in [-0.3, -0.25) is 14.8 Å². The van der Waals surface area contributed by atoms with Crippen LogP contribution in [0.1, 0.15) is 23.4 Å². The fourth-order valence-corrected chi connectivity index (χ4v) is 6.07. The number of aromatic amines is 1. The third-order valence-corrected chi connectivity index (χ3v) is 7.07. The van der Waals surface area contributed by atoms with E-state index < -0.39 is 9.84 Å². The number of H-pyrrole nitrogens is 1. The molecule has 2 fully saturated rings. The van der Waals surface area contributed by atoms with Crippen LogP contribution in [0.15, 0.2) is 0 Å². The van der Waals surface area contributed by atoms with Crippen molar-refractivity contribution >= 4 is 15.7 Å². The number of sulfone groups is 1. The molecule has 1 aromatic rings. The van der Waals surface area contributed by atoms with E-state index in [0.717, 1.165) is 17.0 Å². The molecule has 2 N–H and O–H groups in total. The molecular weight excluding hydrogens is 344 g/mol. The summed E-state index contributed by atoms with van der Waals surface area (Å²) < 4.78 is 24.2. The molecule has 0 aliphatic carbocycles. The molecule has 2 atom stereocenters. The second-order valence-corrected chi connectivity index (χ2v) is 9.12. The average Bonchev–Trinajstić information content (AvgIpc) is 3.04. The number of nitrogens with zero attached hydrogens (tertiary/aromatic N) is 3. The number of hydrogen-bond donors (Lipinski definition) is 2. The molecule has 0 radical (unpaired) electrons. The van der Waals surface area contributed by atoms with Crippen molar-refractivity contribution in [3.05, 3.63) is 17.0 Å². The summed E-state index contributed by atoms with van der Waals surface area (Å²) in [6, 6.07) is -0.503. The van der Waals surface area contributed by atoms with Crippen molar-refractivity contribution in [2.24, 2.45) is 0 Å². The van der Waals surface area contributed by atoms with Crippen LogP contribution >= 0.6 is 0 Å². The maximum absolute atomic E-state index is 12.8. The number of amides is 1. The zero-order valence-corrected chi connectivity index (χ0v) is 15.5. The van der Waals surface area contributed by atoms with Crippen molar-refractivity contribution in [1.29, 1.82) is 0 Å². The molecule has 3 rings (SSSR count). The molecule has 0 spiro atoms. The molecule has 0 unspecified atom stereocenters. The number of piperazine rings is 1. The number of carbonyl (C=O) groups is 1. The lowest BCUT2D eigenvalue weighted by atomic mass is 10.0. The van der Waals surface area contributed by atoms with Crippen molar-refractivity contribution < 1.29 is 18.3 Å². The van der Waals surface area contributed by atoms with Crippen LogP contribution in [0, 0.1) is 13.8 Å². The minimum atomic E-state index is -3.15. The van der Waals surface area contributed by atoms with Crippen molar-refractivity contribution in [2.45, 2.75) is 38.8 Å². The molecule has 2 saturated heterocycles. The number of nitrogens with one attached hydrogen (secondary N) is 1. The first-order valence-corrected chi connectivity index (χ1v) is 10.5. The van der Waals surface area contributed by atoms with E-state index in [9.17, 15) is 18.3 Å². The lowest BCUT2D eigenvalue weighted by molar-refractivity contribution is -0.137. The van der Waals surface area contributed by atoms with E-state index in [1.54, 1.807) is 4.90 Å². The molecule has 0 bridgehead atoms. The Labute approximate surface area is 148 Å². The van der Waals surface area contributed by atoms with Gasteiger partial charge in [-0.25, -0.2) is 8.42 Å².